The third kappa shape index (κ3) is 3.02. The van der Waals surface area contributed by atoms with Gasteiger partial charge >= 0.3 is 0 Å². The van der Waals surface area contributed by atoms with Gasteiger partial charge in [0.15, 0.2) is 0 Å². The molecule has 1 saturated heterocycles. The summed E-state index contributed by atoms with van der Waals surface area (Å²) in [4.78, 5) is 13.6. The third-order valence-corrected chi connectivity index (χ3v) is 7.73. The highest BCUT2D eigenvalue weighted by Gasteiger charge is 2.40. The van der Waals surface area contributed by atoms with E-state index in [1.807, 2.05) is 0 Å². The molecular formula is C16H25N5O2S. The summed E-state index contributed by atoms with van der Waals surface area (Å²) in [6.45, 7) is 5.08. The molecule has 8 heteroatoms. The summed E-state index contributed by atoms with van der Waals surface area (Å²) in [5.41, 5.74) is 2.17. The van der Waals surface area contributed by atoms with Gasteiger partial charge in [0.2, 0.25) is 10.0 Å². The molecule has 0 unspecified atom stereocenters. The summed E-state index contributed by atoms with van der Waals surface area (Å²) in [6, 6.07) is 0. The molecule has 7 nitrogen and oxygen atoms in total. The second kappa shape index (κ2) is 6.24. The van der Waals surface area contributed by atoms with Crippen LogP contribution in [0.4, 0.5) is 5.82 Å². The van der Waals surface area contributed by atoms with Crippen LogP contribution in [-0.4, -0.2) is 79.2 Å². The molecule has 1 aromatic rings. The Bertz CT molecular complexity index is 711. The van der Waals surface area contributed by atoms with Crippen LogP contribution in [0, 0.1) is 0 Å². The van der Waals surface area contributed by atoms with E-state index < -0.39 is 10.0 Å². The maximum atomic E-state index is 12.5. The monoisotopic (exact) mass is 351 g/mol. The van der Waals surface area contributed by atoms with Gasteiger partial charge in [-0.25, -0.2) is 22.7 Å². The Morgan fingerprint density at radius 2 is 1.71 bits per heavy atom. The molecule has 4 rings (SSSR count). The minimum Gasteiger partial charge on any atom is -0.354 e. The average Bonchev–Trinajstić information content (AvgIpc) is 3.42. The highest BCUT2D eigenvalue weighted by molar-refractivity contribution is 7.90. The van der Waals surface area contributed by atoms with Gasteiger partial charge < -0.3 is 9.80 Å². The predicted octanol–water partition coefficient (Wildman–Crippen LogP) is 0.121. The van der Waals surface area contributed by atoms with Gasteiger partial charge in [-0.05, 0) is 26.3 Å². The smallest absolute Gasteiger partial charge is 0.217 e. The second-order valence-corrected chi connectivity index (χ2v) is 9.27. The Hall–Kier alpha value is -1.25. The Morgan fingerprint density at radius 3 is 2.42 bits per heavy atom. The molecule has 24 heavy (non-hydrogen) atoms. The molecule has 132 valence electrons. The fourth-order valence-electron chi connectivity index (χ4n) is 3.61. The second-order valence-electron chi connectivity index (χ2n) is 7.06. The maximum Gasteiger partial charge on any atom is 0.217 e. The van der Waals surface area contributed by atoms with Gasteiger partial charge in [0, 0.05) is 51.3 Å². The summed E-state index contributed by atoms with van der Waals surface area (Å²) in [7, 11) is -0.973. The van der Waals surface area contributed by atoms with E-state index in [0.29, 0.717) is 25.9 Å². The van der Waals surface area contributed by atoms with Gasteiger partial charge in [-0.15, -0.1) is 0 Å². The zero-order valence-electron chi connectivity index (χ0n) is 14.2. The number of nitrogens with zero attached hydrogens (tertiary/aromatic N) is 5. The topological polar surface area (TPSA) is 69.6 Å². The number of hydrogen-bond donors (Lipinski definition) is 0. The Labute approximate surface area is 143 Å². The molecule has 1 aromatic heterocycles. The quantitative estimate of drug-likeness (QED) is 0.771. The van der Waals surface area contributed by atoms with Crippen molar-refractivity contribution in [3.05, 3.63) is 17.6 Å². The molecule has 2 fully saturated rings. The molecule has 0 aromatic carbocycles. The maximum absolute atomic E-state index is 12.5. The summed E-state index contributed by atoms with van der Waals surface area (Å²) in [6.07, 6.45) is 4.67. The first-order chi connectivity index (χ1) is 11.6. The van der Waals surface area contributed by atoms with Crippen LogP contribution in [0.2, 0.25) is 0 Å². The van der Waals surface area contributed by atoms with Gasteiger partial charge in [0.25, 0.3) is 0 Å². The standard InChI is InChI=1S/C16H25N5O2S/c1-19-8-10-20(11-9-19)16-14-4-6-21(24(22,23)13-2-3-13)7-5-15(14)17-12-18-16/h12-13H,2-11H2,1H3. The normalized spacial score (nSPS) is 23.8. The van der Waals surface area contributed by atoms with Crippen molar-refractivity contribution >= 4 is 15.8 Å². The van der Waals surface area contributed by atoms with Gasteiger partial charge in [0.05, 0.1) is 10.9 Å². The first-order valence-electron chi connectivity index (χ1n) is 8.81. The molecule has 0 N–H and O–H groups in total. The van der Waals surface area contributed by atoms with E-state index in [2.05, 4.69) is 26.8 Å². The first-order valence-corrected chi connectivity index (χ1v) is 10.3. The van der Waals surface area contributed by atoms with Crippen LogP contribution in [0.5, 0.6) is 0 Å². The van der Waals surface area contributed by atoms with Crippen molar-refractivity contribution in [3.63, 3.8) is 0 Å². The van der Waals surface area contributed by atoms with E-state index in [1.165, 1.54) is 0 Å². The van der Waals surface area contributed by atoms with E-state index in [-0.39, 0.29) is 5.25 Å². The molecule has 1 saturated carbocycles. The van der Waals surface area contributed by atoms with Crippen molar-refractivity contribution in [2.24, 2.45) is 0 Å². The minimum atomic E-state index is -3.11. The first kappa shape index (κ1) is 16.2. The van der Waals surface area contributed by atoms with E-state index in [1.54, 1.807) is 10.6 Å². The zero-order chi connectivity index (χ0) is 16.7. The molecule has 0 bridgehead atoms. The molecule has 0 spiro atoms. The van der Waals surface area contributed by atoms with Gasteiger partial charge in [0.1, 0.15) is 12.1 Å². The Kier molecular flexibility index (Phi) is 4.22. The van der Waals surface area contributed by atoms with Crippen molar-refractivity contribution in [1.82, 2.24) is 19.2 Å². The largest absolute Gasteiger partial charge is 0.354 e. The number of rotatable bonds is 3. The van der Waals surface area contributed by atoms with Crippen LogP contribution in [0.3, 0.4) is 0 Å². The highest BCUT2D eigenvalue weighted by Crippen LogP contribution is 2.33. The number of aromatic nitrogens is 2. The van der Waals surface area contributed by atoms with Crippen LogP contribution in [-0.2, 0) is 22.9 Å². The van der Waals surface area contributed by atoms with E-state index in [0.717, 1.165) is 56.1 Å². The number of piperazine rings is 1. The fraction of sp³-hybridized carbons (Fsp3) is 0.750. The number of anilines is 1. The van der Waals surface area contributed by atoms with E-state index in [9.17, 15) is 8.42 Å². The van der Waals surface area contributed by atoms with Gasteiger partial charge in [-0.1, -0.05) is 0 Å². The van der Waals surface area contributed by atoms with Crippen molar-refractivity contribution < 1.29 is 8.42 Å². The average molecular weight is 351 g/mol. The fourth-order valence-corrected chi connectivity index (χ4v) is 5.46. The Morgan fingerprint density at radius 1 is 1.00 bits per heavy atom. The molecule has 0 atom stereocenters. The summed E-state index contributed by atoms with van der Waals surface area (Å²) in [5, 5.41) is -0.137. The number of sulfonamides is 1. The van der Waals surface area contributed by atoms with Crippen molar-refractivity contribution in [1.29, 1.82) is 0 Å². The predicted molar refractivity (Wildman–Crippen MR) is 92.7 cm³/mol. The lowest BCUT2D eigenvalue weighted by atomic mass is 10.1. The van der Waals surface area contributed by atoms with Crippen molar-refractivity contribution in [3.8, 4) is 0 Å². The zero-order valence-corrected chi connectivity index (χ0v) is 15.0. The van der Waals surface area contributed by atoms with Crippen LogP contribution >= 0.6 is 0 Å². The minimum absolute atomic E-state index is 0.137. The van der Waals surface area contributed by atoms with E-state index >= 15 is 0 Å². The van der Waals surface area contributed by atoms with Gasteiger partial charge in [-0.2, -0.15) is 0 Å². The number of hydrogen-bond acceptors (Lipinski definition) is 6. The molecule has 3 aliphatic rings. The summed E-state index contributed by atoms with van der Waals surface area (Å²) >= 11 is 0. The summed E-state index contributed by atoms with van der Waals surface area (Å²) < 4.78 is 26.8. The summed E-state index contributed by atoms with van der Waals surface area (Å²) in [5.74, 6) is 1.01. The van der Waals surface area contributed by atoms with E-state index in [4.69, 9.17) is 0 Å². The van der Waals surface area contributed by atoms with Crippen LogP contribution in [0.15, 0.2) is 6.33 Å². The molecule has 0 amide bonds. The lowest BCUT2D eigenvalue weighted by molar-refractivity contribution is 0.311. The van der Waals surface area contributed by atoms with Crippen LogP contribution < -0.4 is 4.90 Å². The number of fused-ring (bicyclic) bond motifs is 1. The third-order valence-electron chi connectivity index (χ3n) is 5.33. The highest BCUT2D eigenvalue weighted by atomic mass is 32.2. The van der Waals surface area contributed by atoms with Crippen molar-refractivity contribution in [2.75, 3.05) is 51.2 Å². The van der Waals surface area contributed by atoms with Crippen molar-refractivity contribution in [2.45, 2.75) is 30.9 Å². The Balaban J connectivity index is 1.56. The SMILES string of the molecule is CN1CCN(c2ncnc3c2CCN(S(=O)(=O)C2CC2)CC3)CC1. The number of likely N-dealkylation sites (N-methyl/N-ethyl adjacent to an activating group) is 1. The molecule has 1 aliphatic carbocycles. The molecule has 0 radical (unpaired) electrons. The van der Waals surface area contributed by atoms with Gasteiger partial charge in [-0.3, -0.25) is 0 Å². The lowest BCUT2D eigenvalue weighted by Gasteiger charge is -2.34. The molecule has 2 aliphatic heterocycles. The van der Waals surface area contributed by atoms with Crippen LogP contribution in [0.1, 0.15) is 24.1 Å². The van der Waals surface area contributed by atoms with Crippen LogP contribution in [0.25, 0.3) is 0 Å². The molecular weight excluding hydrogens is 326 g/mol. The lowest BCUT2D eigenvalue weighted by Crippen LogP contribution is -2.45. The molecule has 3 heterocycles.